The number of unbranched alkanes of at least 4 members (excludes halogenated alkanes) is 2. The summed E-state index contributed by atoms with van der Waals surface area (Å²) in [5.74, 6) is 0.293. The van der Waals surface area contributed by atoms with Crippen LogP contribution in [0.1, 0.15) is 51.5 Å². The number of amides is 1. The summed E-state index contributed by atoms with van der Waals surface area (Å²) in [6.45, 7) is 3.91. The molecule has 2 aromatic rings. The molecule has 1 amide bonds. The number of carbonyl (C=O) groups excluding carboxylic acids is 2. The van der Waals surface area contributed by atoms with Gasteiger partial charge in [-0.25, -0.2) is 9.97 Å². The Balaban J connectivity index is 1.75. The van der Waals surface area contributed by atoms with Crippen LogP contribution >= 0.6 is 15.9 Å². The molecule has 0 radical (unpaired) electrons. The van der Waals surface area contributed by atoms with Crippen LogP contribution in [0.15, 0.2) is 16.7 Å². The molecule has 24 heavy (non-hydrogen) atoms. The van der Waals surface area contributed by atoms with Crippen molar-refractivity contribution < 1.29 is 14.3 Å². The SMILES string of the molecule is CC(=O)NCCCCCC(=O)OC(C)c1nc2ncc(Br)cc2[nH]1. The standard InChI is InChI=1S/C16H21BrN4O3/c1-10(15-20-13-8-12(17)9-19-16(13)21-15)24-14(23)6-4-3-5-7-18-11(2)22/h8-10H,3-7H2,1-2H3,(H,18,22)(H,19,20,21). The number of fused-ring (bicyclic) bond motifs is 1. The number of aromatic nitrogens is 3. The molecule has 0 spiro atoms. The van der Waals surface area contributed by atoms with E-state index in [0.29, 0.717) is 24.4 Å². The van der Waals surface area contributed by atoms with Crippen LogP contribution < -0.4 is 5.32 Å². The van der Waals surface area contributed by atoms with E-state index >= 15 is 0 Å². The maximum Gasteiger partial charge on any atom is 0.306 e. The molecular formula is C16H21BrN4O3. The smallest absolute Gasteiger partial charge is 0.306 e. The minimum absolute atomic E-state index is 0.0319. The van der Waals surface area contributed by atoms with Gasteiger partial charge in [0, 0.05) is 30.6 Å². The molecule has 0 saturated carbocycles. The lowest BCUT2D eigenvalue weighted by Crippen LogP contribution is -2.20. The van der Waals surface area contributed by atoms with E-state index < -0.39 is 6.10 Å². The second-order valence-corrected chi connectivity index (χ2v) is 6.49. The van der Waals surface area contributed by atoms with Gasteiger partial charge in [0.2, 0.25) is 5.91 Å². The molecule has 2 N–H and O–H groups in total. The highest BCUT2D eigenvalue weighted by Gasteiger charge is 2.16. The Hall–Kier alpha value is -1.96. The number of imidazole rings is 1. The van der Waals surface area contributed by atoms with Crippen LogP contribution in [0.25, 0.3) is 11.2 Å². The fourth-order valence-electron chi connectivity index (χ4n) is 2.23. The van der Waals surface area contributed by atoms with E-state index in [1.54, 1.807) is 13.1 Å². The van der Waals surface area contributed by atoms with E-state index in [1.807, 2.05) is 6.07 Å². The van der Waals surface area contributed by atoms with E-state index in [1.165, 1.54) is 6.92 Å². The van der Waals surface area contributed by atoms with Crippen molar-refractivity contribution in [3.05, 3.63) is 22.6 Å². The van der Waals surface area contributed by atoms with Crippen molar-refractivity contribution in [1.29, 1.82) is 0 Å². The van der Waals surface area contributed by atoms with Gasteiger partial charge in [-0.3, -0.25) is 9.59 Å². The first-order valence-corrected chi connectivity index (χ1v) is 8.70. The van der Waals surface area contributed by atoms with E-state index in [4.69, 9.17) is 4.74 Å². The molecule has 0 aliphatic rings. The summed E-state index contributed by atoms with van der Waals surface area (Å²) in [6, 6.07) is 1.88. The zero-order valence-electron chi connectivity index (χ0n) is 13.8. The van der Waals surface area contributed by atoms with E-state index in [2.05, 4.69) is 36.2 Å². The molecule has 1 atom stereocenters. The number of nitrogens with zero attached hydrogens (tertiary/aromatic N) is 2. The van der Waals surface area contributed by atoms with Crippen molar-refractivity contribution in [2.45, 2.75) is 45.6 Å². The van der Waals surface area contributed by atoms with Gasteiger partial charge in [0.05, 0.1) is 5.52 Å². The van der Waals surface area contributed by atoms with Crippen LogP contribution in [-0.4, -0.2) is 33.4 Å². The summed E-state index contributed by atoms with van der Waals surface area (Å²) in [7, 11) is 0. The zero-order chi connectivity index (χ0) is 17.5. The van der Waals surface area contributed by atoms with E-state index in [9.17, 15) is 9.59 Å². The van der Waals surface area contributed by atoms with E-state index in [0.717, 1.165) is 29.3 Å². The number of hydrogen-bond acceptors (Lipinski definition) is 5. The van der Waals surface area contributed by atoms with Gasteiger partial charge in [-0.05, 0) is 41.8 Å². The second-order valence-electron chi connectivity index (χ2n) is 5.57. The van der Waals surface area contributed by atoms with Crippen molar-refractivity contribution in [1.82, 2.24) is 20.3 Å². The number of aromatic amines is 1. The molecule has 0 bridgehead atoms. The quantitative estimate of drug-likeness (QED) is 0.527. The number of pyridine rings is 1. The van der Waals surface area contributed by atoms with Gasteiger partial charge in [0.1, 0.15) is 5.82 Å². The fraction of sp³-hybridized carbons (Fsp3) is 0.500. The summed E-state index contributed by atoms with van der Waals surface area (Å²) >= 11 is 3.35. The Kier molecular flexibility index (Phi) is 6.72. The summed E-state index contributed by atoms with van der Waals surface area (Å²) in [6.07, 6.45) is 4.03. The normalized spacial score (nSPS) is 12.1. The topological polar surface area (TPSA) is 97.0 Å². The van der Waals surface area contributed by atoms with Crippen LogP contribution in [-0.2, 0) is 14.3 Å². The average molecular weight is 397 g/mol. The van der Waals surface area contributed by atoms with Crippen molar-refractivity contribution >= 4 is 39.0 Å². The van der Waals surface area contributed by atoms with Crippen LogP contribution in [0.4, 0.5) is 0 Å². The Morgan fingerprint density at radius 1 is 1.38 bits per heavy atom. The molecule has 7 nitrogen and oxygen atoms in total. The molecule has 0 aromatic carbocycles. The molecular weight excluding hydrogens is 376 g/mol. The second kappa shape index (κ2) is 8.77. The number of nitrogens with one attached hydrogen (secondary N) is 2. The van der Waals surface area contributed by atoms with Crippen LogP contribution in [0.3, 0.4) is 0 Å². The lowest BCUT2D eigenvalue weighted by atomic mass is 10.2. The Labute approximate surface area is 148 Å². The van der Waals surface area contributed by atoms with Crippen molar-refractivity contribution in [2.75, 3.05) is 6.54 Å². The number of esters is 1. The van der Waals surface area contributed by atoms with Crippen molar-refractivity contribution in [2.24, 2.45) is 0 Å². The summed E-state index contributed by atoms with van der Waals surface area (Å²) in [4.78, 5) is 34.3. The Bertz CT molecular complexity index is 716. The fourth-order valence-corrected chi connectivity index (χ4v) is 2.56. The average Bonchev–Trinajstić information content (AvgIpc) is 2.93. The molecule has 0 saturated heterocycles. The zero-order valence-corrected chi connectivity index (χ0v) is 15.4. The van der Waals surface area contributed by atoms with Crippen LogP contribution in [0.2, 0.25) is 0 Å². The third-order valence-corrected chi connectivity index (χ3v) is 3.88. The molecule has 2 heterocycles. The summed E-state index contributed by atoms with van der Waals surface area (Å²) in [5, 5.41) is 2.73. The van der Waals surface area contributed by atoms with Gasteiger partial charge in [-0.2, -0.15) is 0 Å². The molecule has 8 heteroatoms. The number of rotatable bonds is 8. The monoisotopic (exact) mass is 396 g/mol. The van der Waals surface area contributed by atoms with Gasteiger partial charge in [-0.1, -0.05) is 6.42 Å². The predicted molar refractivity (Wildman–Crippen MR) is 93.2 cm³/mol. The molecule has 0 aliphatic carbocycles. The van der Waals surface area contributed by atoms with Crippen LogP contribution in [0, 0.1) is 0 Å². The van der Waals surface area contributed by atoms with Crippen LogP contribution in [0.5, 0.6) is 0 Å². The molecule has 0 fully saturated rings. The molecule has 2 aromatic heterocycles. The maximum atomic E-state index is 11.9. The molecule has 130 valence electrons. The molecule has 0 aliphatic heterocycles. The van der Waals surface area contributed by atoms with Gasteiger partial charge in [0.25, 0.3) is 0 Å². The third kappa shape index (κ3) is 5.59. The molecule has 1 unspecified atom stereocenters. The number of carbonyl (C=O) groups is 2. The lowest BCUT2D eigenvalue weighted by Gasteiger charge is -2.10. The highest BCUT2D eigenvalue weighted by atomic mass is 79.9. The Morgan fingerprint density at radius 3 is 2.92 bits per heavy atom. The minimum atomic E-state index is -0.454. The lowest BCUT2D eigenvalue weighted by molar-refractivity contribution is -0.149. The first-order chi connectivity index (χ1) is 11.5. The van der Waals surface area contributed by atoms with Gasteiger partial charge in [-0.15, -0.1) is 0 Å². The largest absolute Gasteiger partial charge is 0.454 e. The van der Waals surface area contributed by atoms with Crippen molar-refractivity contribution in [3.63, 3.8) is 0 Å². The number of ether oxygens (including phenoxy) is 1. The molecule has 2 rings (SSSR count). The van der Waals surface area contributed by atoms with Gasteiger partial charge in [0.15, 0.2) is 11.8 Å². The first-order valence-electron chi connectivity index (χ1n) is 7.91. The minimum Gasteiger partial charge on any atom is -0.454 e. The van der Waals surface area contributed by atoms with Crippen molar-refractivity contribution in [3.8, 4) is 0 Å². The van der Waals surface area contributed by atoms with Gasteiger partial charge < -0.3 is 15.0 Å². The summed E-state index contributed by atoms with van der Waals surface area (Å²) in [5.41, 5.74) is 1.38. The number of H-pyrrole nitrogens is 1. The third-order valence-electron chi connectivity index (χ3n) is 3.45. The highest BCUT2D eigenvalue weighted by molar-refractivity contribution is 9.10. The Morgan fingerprint density at radius 2 is 2.17 bits per heavy atom. The van der Waals surface area contributed by atoms with E-state index in [-0.39, 0.29) is 11.9 Å². The predicted octanol–water partition coefficient (Wildman–Crippen LogP) is 3.02. The number of hydrogen-bond donors (Lipinski definition) is 2. The number of halogens is 1. The first kappa shape index (κ1) is 18.4. The maximum absolute atomic E-state index is 11.9. The summed E-state index contributed by atoms with van der Waals surface area (Å²) < 4.78 is 6.25. The highest BCUT2D eigenvalue weighted by Crippen LogP contribution is 2.20. The van der Waals surface area contributed by atoms with Gasteiger partial charge >= 0.3 is 5.97 Å².